The number of halogens is 2. The number of nitrogens with two attached hydrogens (primary N) is 1. The van der Waals surface area contributed by atoms with Crippen LogP contribution in [0.1, 0.15) is 18.0 Å². The van der Waals surface area contributed by atoms with E-state index in [2.05, 4.69) is 10.3 Å². The van der Waals surface area contributed by atoms with Crippen molar-refractivity contribution in [2.75, 3.05) is 11.9 Å². The summed E-state index contributed by atoms with van der Waals surface area (Å²) < 4.78 is 34.2. The maximum absolute atomic E-state index is 14.7. The summed E-state index contributed by atoms with van der Waals surface area (Å²) in [7, 11) is 0. The van der Waals surface area contributed by atoms with Gasteiger partial charge in [0.2, 0.25) is 0 Å². The van der Waals surface area contributed by atoms with Gasteiger partial charge >= 0.3 is 0 Å². The number of benzene rings is 2. The highest BCUT2D eigenvalue weighted by Crippen LogP contribution is 2.32. The molecule has 4 nitrogen and oxygen atoms in total. The zero-order valence-corrected chi connectivity index (χ0v) is 14.0. The van der Waals surface area contributed by atoms with Gasteiger partial charge in [0.1, 0.15) is 5.75 Å². The molecule has 0 aliphatic heterocycles. The number of para-hydroxylation sites is 1. The van der Waals surface area contributed by atoms with Crippen molar-refractivity contribution in [2.24, 2.45) is 5.73 Å². The first-order chi connectivity index (χ1) is 12.6. The van der Waals surface area contributed by atoms with Crippen LogP contribution in [0.25, 0.3) is 0 Å². The molecule has 3 aromatic rings. The van der Waals surface area contributed by atoms with Crippen molar-refractivity contribution < 1.29 is 13.5 Å². The van der Waals surface area contributed by atoms with E-state index < -0.39 is 23.4 Å². The molecule has 6 heteroatoms. The second kappa shape index (κ2) is 8.40. The Labute approximate surface area is 150 Å². The third-order valence-corrected chi connectivity index (χ3v) is 3.91. The SMILES string of the molecule is NC(CCNc1ccncc1)c1ccc(F)c(Oc2ccccc2)c1F. The maximum Gasteiger partial charge on any atom is 0.198 e. The van der Waals surface area contributed by atoms with E-state index in [1.54, 1.807) is 42.7 Å². The van der Waals surface area contributed by atoms with Crippen molar-refractivity contribution in [1.82, 2.24) is 4.98 Å². The highest BCUT2D eigenvalue weighted by Gasteiger charge is 2.20. The lowest BCUT2D eigenvalue weighted by Gasteiger charge is -2.16. The summed E-state index contributed by atoms with van der Waals surface area (Å²) in [5.41, 5.74) is 7.22. The fraction of sp³-hybridized carbons (Fsp3) is 0.150. The third-order valence-electron chi connectivity index (χ3n) is 3.91. The Morgan fingerprint density at radius 1 is 1.00 bits per heavy atom. The van der Waals surface area contributed by atoms with E-state index in [0.717, 1.165) is 5.69 Å². The van der Waals surface area contributed by atoms with Crippen molar-refractivity contribution in [2.45, 2.75) is 12.5 Å². The first kappa shape index (κ1) is 17.8. The van der Waals surface area contributed by atoms with Crippen LogP contribution < -0.4 is 15.8 Å². The molecule has 2 aromatic carbocycles. The van der Waals surface area contributed by atoms with Gasteiger partial charge < -0.3 is 15.8 Å². The number of anilines is 1. The number of nitrogens with one attached hydrogen (secondary N) is 1. The molecule has 26 heavy (non-hydrogen) atoms. The second-order valence-corrected chi connectivity index (χ2v) is 5.75. The van der Waals surface area contributed by atoms with Gasteiger partial charge in [0, 0.05) is 36.2 Å². The smallest absolute Gasteiger partial charge is 0.198 e. The fourth-order valence-electron chi connectivity index (χ4n) is 2.53. The number of hydrogen-bond acceptors (Lipinski definition) is 4. The first-order valence-electron chi connectivity index (χ1n) is 8.25. The summed E-state index contributed by atoms with van der Waals surface area (Å²) in [6.45, 7) is 0.539. The summed E-state index contributed by atoms with van der Waals surface area (Å²) in [6, 6.07) is 14.1. The predicted molar refractivity (Wildman–Crippen MR) is 97.1 cm³/mol. The van der Waals surface area contributed by atoms with Crippen LogP contribution in [0.15, 0.2) is 67.0 Å². The second-order valence-electron chi connectivity index (χ2n) is 5.75. The van der Waals surface area contributed by atoms with Crippen molar-refractivity contribution in [1.29, 1.82) is 0 Å². The van der Waals surface area contributed by atoms with Crippen molar-refractivity contribution >= 4 is 5.69 Å². The molecule has 0 fully saturated rings. The molecular weight excluding hydrogens is 336 g/mol. The normalized spacial score (nSPS) is 11.8. The van der Waals surface area contributed by atoms with E-state index in [1.807, 2.05) is 12.1 Å². The van der Waals surface area contributed by atoms with Gasteiger partial charge in [0.15, 0.2) is 17.4 Å². The minimum absolute atomic E-state index is 0.217. The number of aromatic nitrogens is 1. The van der Waals surface area contributed by atoms with E-state index in [9.17, 15) is 8.78 Å². The highest BCUT2D eigenvalue weighted by molar-refractivity contribution is 5.41. The molecule has 0 aliphatic rings. The highest BCUT2D eigenvalue weighted by atomic mass is 19.1. The molecule has 1 heterocycles. The topological polar surface area (TPSA) is 60.2 Å². The van der Waals surface area contributed by atoms with E-state index in [-0.39, 0.29) is 5.56 Å². The van der Waals surface area contributed by atoms with Crippen LogP contribution >= 0.6 is 0 Å². The summed E-state index contributed by atoms with van der Waals surface area (Å²) >= 11 is 0. The van der Waals surface area contributed by atoms with Crippen LogP contribution in [-0.4, -0.2) is 11.5 Å². The Kier molecular flexibility index (Phi) is 5.76. The number of rotatable bonds is 7. The minimum Gasteiger partial charge on any atom is -0.451 e. The largest absolute Gasteiger partial charge is 0.451 e. The number of pyridine rings is 1. The molecule has 1 aromatic heterocycles. The molecule has 1 atom stereocenters. The summed E-state index contributed by atoms with van der Waals surface area (Å²) in [5, 5.41) is 3.18. The van der Waals surface area contributed by atoms with Crippen LogP contribution in [0.2, 0.25) is 0 Å². The van der Waals surface area contributed by atoms with Crippen molar-refractivity contribution in [3.8, 4) is 11.5 Å². The quantitative estimate of drug-likeness (QED) is 0.647. The molecule has 0 amide bonds. The lowest BCUT2D eigenvalue weighted by atomic mass is 10.0. The van der Waals surface area contributed by atoms with Crippen LogP contribution in [0.5, 0.6) is 11.5 Å². The molecule has 3 N–H and O–H groups in total. The average Bonchev–Trinajstić information content (AvgIpc) is 2.67. The Bertz CT molecular complexity index is 844. The molecule has 3 rings (SSSR count). The molecule has 0 aliphatic carbocycles. The molecule has 0 spiro atoms. The number of nitrogens with zero attached hydrogens (tertiary/aromatic N) is 1. The van der Waals surface area contributed by atoms with E-state index >= 15 is 0 Å². The molecule has 0 bridgehead atoms. The zero-order chi connectivity index (χ0) is 18.4. The fourth-order valence-corrected chi connectivity index (χ4v) is 2.53. The Morgan fingerprint density at radius 2 is 1.73 bits per heavy atom. The van der Waals surface area contributed by atoms with E-state index in [1.165, 1.54) is 12.1 Å². The molecule has 0 saturated carbocycles. The van der Waals surface area contributed by atoms with Gasteiger partial charge in [-0.15, -0.1) is 0 Å². The zero-order valence-electron chi connectivity index (χ0n) is 14.0. The molecule has 1 unspecified atom stereocenters. The van der Waals surface area contributed by atoms with Crippen LogP contribution in [-0.2, 0) is 0 Å². The lowest BCUT2D eigenvalue weighted by molar-refractivity contribution is 0.401. The van der Waals surface area contributed by atoms with Gasteiger partial charge in [0.05, 0.1) is 0 Å². The summed E-state index contributed by atoms with van der Waals surface area (Å²) in [5.74, 6) is -1.62. The summed E-state index contributed by atoms with van der Waals surface area (Å²) in [6.07, 6.45) is 3.82. The summed E-state index contributed by atoms with van der Waals surface area (Å²) in [4.78, 5) is 3.94. The van der Waals surface area contributed by atoms with Gasteiger partial charge in [-0.05, 0) is 36.8 Å². The van der Waals surface area contributed by atoms with Gasteiger partial charge in [0.25, 0.3) is 0 Å². The number of ether oxygens (including phenoxy) is 1. The first-order valence-corrected chi connectivity index (χ1v) is 8.25. The van der Waals surface area contributed by atoms with Gasteiger partial charge in [-0.3, -0.25) is 4.98 Å². The third kappa shape index (κ3) is 4.34. The Hall–Kier alpha value is -2.99. The molecule has 134 valence electrons. The lowest BCUT2D eigenvalue weighted by Crippen LogP contribution is -2.17. The predicted octanol–water partition coefficient (Wildman–Crippen LogP) is 4.65. The standard InChI is InChI=1S/C20H19F2N3O/c21-17-7-6-16(18(23)10-13-25-14-8-11-24-12-9-14)19(22)20(17)26-15-4-2-1-3-5-15/h1-9,11-12,18H,10,13,23H2,(H,24,25). The van der Waals surface area contributed by atoms with Crippen LogP contribution in [0.3, 0.4) is 0 Å². The average molecular weight is 355 g/mol. The monoisotopic (exact) mass is 355 g/mol. The minimum atomic E-state index is -0.773. The Morgan fingerprint density at radius 3 is 2.46 bits per heavy atom. The van der Waals surface area contributed by atoms with E-state index in [4.69, 9.17) is 10.5 Å². The Balaban J connectivity index is 1.70. The maximum atomic E-state index is 14.7. The molecule has 0 saturated heterocycles. The molecule has 0 radical (unpaired) electrons. The van der Waals surface area contributed by atoms with Crippen LogP contribution in [0, 0.1) is 11.6 Å². The van der Waals surface area contributed by atoms with Crippen LogP contribution in [0.4, 0.5) is 14.5 Å². The van der Waals surface area contributed by atoms with Gasteiger partial charge in [-0.25, -0.2) is 8.78 Å². The number of hydrogen-bond donors (Lipinski definition) is 2. The van der Waals surface area contributed by atoms with E-state index in [0.29, 0.717) is 18.7 Å². The van der Waals surface area contributed by atoms with Crippen molar-refractivity contribution in [3.05, 3.63) is 84.2 Å². The van der Waals surface area contributed by atoms with Gasteiger partial charge in [-0.2, -0.15) is 0 Å². The van der Waals surface area contributed by atoms with Crippen molar-refractivity contribution in [3.63, 3.8) is 0 Å². The molecular formula is C20H19F2N3O. The van der Waals surface area contributed by atoms with Gasteiger partial charge in [-0.1, -0.05) is 24.3 Å².